The number of aromatic nitrogens is 2. The van der Waals surface area contributed by atoms with Crippen LogP contribution in [-0.2, 0) is 7.05 Å². The maximum absolute atomic E-state index is 4.32. The second kappa shape index (κ2) is 4.00. The van der Waals surface area contributed by atoms with Gasteiger partial charge < -0.3 is 10.2 Å². The number of piperidine rings is 1. The highest BCUT2D eigenvalue weighted by atomic mass is 15.3. The Balaban J connectivity index is 1.90. The fourth-order valence-electron chi connectivity index (χ4n) is 1.99. The first-order valence-electron chi connectivity index (χ1n) is 5.19. The van der Waals surface area contributed by atoms with Crippen molar-refractivity contribution in [2.75, 3.05) is 25.5 Å². The number of nitrogens with zero attached hydrogens (tertiary/aromatic N) is 3. The molecule has 0 aromatic carbocycles. The molecule has 4 nitrogen and oxygen atoms in total. The van der Waals surface area contributed by atoms with Crippen molar-refractivity contribution < 1.29 is 0 Å². The van der Waals surface area contributed by atoms with Crippen molar-refractivity contribution in [3.8, 4) is 0 Å². The number of anilines is 1. The number of likely N-dealkylation sites (tertiary alicyclic amines) is 1. The normalized spacial score (nSPS) is 23.7. The highest BCUT2D eigenvalue weighted by Gasteiger charge is 2.17. The van der Waals surface area contributed by atoms with E-state index in [1.54, 1.807) is 0 Å². The summed E-state index contributed by atoms with van der Waals surface area (Å²) in [7, 11) is 4.12. The molecule has 1 atom stereocenters. The molecular weight excluding hydrogens is 176 g/mol. The lowest BCUT2D eigenvalue weighted by Crippen LogP contribution is -2.39. The molecular formula is C10H18N4. The van der Waals surface area contributed by atoms with Crippen molar-refractivity contribution in [1.29, 1.82) is 0 Å². The van der Waals surface area contributed by atoms with E-state index in [4.69, 9.17) is 0 Å². The molecule has 0 radical (unpaired) electrons. The molecule has 4 heteroatoms. The summed E-state index contributed by atoms with van der Waals surface area (Å²) in [4.78, 5) is 2.37. The summed E-state index contributed by atoms with van der Waals surface area (Å²) in [6.45, 7) is 2.34. The van der Waals surface area contributed by atoms with Gasteiger partial charge in [0.25, 0.3) is 0 Å². The van der Waals surface area contributed by atoms with E-state index in [0.717, 1.165) is 12.4 Å². The monoisotopic (exact) mass is 194 g/mol. The molecule has 1 aliphatic rings. The Labute approximate surface area is 84.9 Å². The molecule has 1 aliphatic heterocycles. The van der Waals surface area contributed by atoms with Crippen molar-refractivity contribution in [2.45, 2.75) is 18.9 Å². The van der Waals surface area contributed by atoms with Gasteiger partial charge in [-0.05, 0) is 26.4 Å². The predicted molar refractivity (Wildman–Crippen MR) is 57.3 cm³/mol. The van der Waals surface area contributed by atoms with Gasteiger partial charge in [0, 0.05) is 31.9 Å². The van der Waals surface area contributed by atoms with Crippen LogP contribution in [0.2, 0.25) is 0 Å². The second-order valence-corrected chi connectivity index (χ2v) is 4.12. The summed E-state index contributed by atoms with van der Waals surface area (Å²) >= 11 is 0. The van der Waals surface area contributed by atoms with Crippen molar-refractivity contribution in [3.63, 3.8) is 0 Å². The van der Waals surface area contributed by atoms with Crippen LogP contribution in [0.25, 0.3) is 0 Å². The smallest absolute Gasteiger partial charge is 0.148 e. The highest BCUT2D eigenvalue weighted by molar-refractivity contribution is 5.33. The van der Waals surface area contributed by atoms with E-state index >= 15 is 0 Å². The van der Waals surface area contributed by atoms with Crippen LogP contribution in [0.3, 0.4) is 0 Å². The quantitative estimate of drug-likeness (QED) is 0.760. The molecule has 0 amide bonds. The van der Waals surface area contributed by atoms with Gasteiger partial charge in [0.1, 0.15) is 5.82 Å². The molecule has 1 aromatic heterocycles. The van der Waals surface area contributed by atoms with Gasteiger partial charge in [0.15, 0.2) is 0 Å². The first kappa shape index (κ1) is 9.52. The minimum Gasteiger partial charge on any atom is -0.365 e. The van der Waals surface area contributed by atoms with Crippen molar-refractivity contribution in [1.82, 2.24) is 14.7 Å². The molecule has 0 aliphatic carbocycles. The first-order chi connectivity index (χ1) is 6.74. The number of nitrogens with one attached hydrogen (secondary N) is 1. The number of rotatable bonds is 2. The molecule has 14 heavy (non-hydrogen) atoms. The minimum absolute atomic E-state index is 0.559. The van der Waals surface area contributed by atoms with Crippen LogP contribution in [0, 0.1) is 0 Å². The topological polar surface area (TPSA) is 33.1 Å². The Hall–Kier alpha value is -1.03. The van der Waals surface area contributed by atoms with Gasteiger partial charge in [0.05, 0.1) is 0 Å². The third-order valence-corrected chi connectivity index (χ3v) is 2.69. The summed E-state index contributed by atoms with van der Waals surface area (Å²) in [6, 6.07) is 2.58. The fraction of sp³-hybridized carbons (Fsp3) is 0.700. The van der Waals surface area contributed by atoms with Gasteiger partial charge in [-0.1, -0.05) is 0 Å². The lowest BCUT2D eigenvalue weighted by atomic mass is 10.1. The van der Waals surface area contributed by atoms with E-state index in [1.165, 1.54) is 19.4 Å². The third kappa shape index (κ3) is 2.26. The molecule has 1 unspecified atom stereocenters. The average molecular weight is 194 g/mol. The Morgan fingerprint density at radius 2 is 2.36 bits per heavy atom. The lowest BCUT2D eigenvalue weighted by Gasteiger charge is -2.30. The van der Waals surface area contributed by atoms with Crippen LogP contribution < -0.4 is 5.32 Å². The molecule has 1 aromatic rings. The second-order valence-electron chi connectivity index (χ2n) is 4.12. The first-order valence-corrected chi connectivity index (χ1v) is 5.19. The van der Waals surface area contributed by atoms with Crippen LogP contribution in [0.4, 0.5) is 5.82 Å². The molecule has 78 valence electrons. The Kier molecular flexibility index (Phi) is 2.72. The number of aryl methyl sites for hydroxylation is 1. The minimum atomic E-state index is 0.559. The Morgan fingerprint density at radius 1 is 1.50 bits per heavy atom. The lowest BCUT2D eigenvalue weighted by molar-refractivity contribution is 0.260. The zero-order chi connectivity index (χ0) is 9.97. The van der Waals surface area contributed by atoms with Crippen molar-refractivity contribution in [3.05, 3.63) is 12.3 Å². The van der Waals surface area contributed by atoms with Crippen molar-refractivity contribution in [2.24, 2.45) is 7.05 Å². The molecule has 1 saturated heterocycles. The van der Waals surface area contributed by atoms with Crippen LogP contribution in [0.5, 0.6) is 0 Å². The highest BCUT2D eigenvalue weighted by Crippen LogP contribution is 2.13. The molecule has 1 fully saturated rings. The van der Waals surface area contributed by atoms with E-state index < -0.39 is 0 Å². The summed E-state index contributed by atoms with van der Waals surface area (Å²) in [5.41, 5.74) is 0. The van der Waals surface area contributed by atoms with E-state index in [9.17, 15) is 0 Å². The van der Waals surface area contributed by atoms with E-state index in [0.29, 0.717) is 6.04 Å². The summed E-state index contributed by atoms with van der Waals surface area (Å²) in [5, 5.41) is 7.78. The van der Waals surface area contributed by atoms with E-state index in [-0.39, 0.29) is 0 Å². The van der Waals surface area contributed by atoms with Crippen LogP contribution in [-0.4, -0.2) is 40.9 Å². The van der Waals surface area contributed by atoms with Crippen LogP contribution >= 0.6 is 0 Å². The van der Waals surface area contributed by atoms with Gasteiger partial charge >= 0.3 is 0 Å². The predicted octanol–water partition coefficient (Wildman–Crippen LogP) is 0.926. The van der Waals surface area contributed by atoms with E-state index in [2.05, 4.69) is 22.4 Å². The zero-order valence-corrected chi connectivity index (χ0v) is 8.90. The van der Waals surface area contributed by atoms with Gasteiger partial charge in [-0.3, -0.25) is 4.68 Å². The molecule has 0 spiro atoms. The van der Waals surface area contributed by atoms with Gasteiger partial charge in [0.2, 0.25) is 0 Å². The average Bonchev–Trinajstić information content (AvgIpc) is 2.51. The Bertz CT molecular complexity index is 294. The van der Waals surface area contributed by atoms with Gasteiger partial charge in [-0.2, -0.15) is 5.10 Å². The van der Waals surface area contributed by atoms with Crippen LogP contribution in [0.1, 0.15) is 12.8 Å². The van der Waals surface area contributed by atoms with Gasteiger partial charge in [-0.15, -0.1) is 0 Å². The van der Waals surface area contributed by atoms with Crippen molar-refractivity contribution >= 4 is 5.82 Å². The molecule has 0 saturated carbocycles. The number of hydrogen-bond donors (Lipinski definition) is 1. The largest absolute Gasteiger partial charge is 0.365 e. The zero-order valence-electron chi connectivity index (χ0n) is 8.90. The third-order valence-electron chi connectivity index (χ3n) is 2.69. The van der Waals surface area contributed by atoms with Gasteiger partial charge in [-0.25, -0.2) is 0 Å². The molecule has 2 heterocycles. The maximum atomic E-state index is 4.32. The van der Waals surface area contributed by atoms with E-state index in [1.807, 2.05) is 24.0 Å². The standard InChI is InChI=1S/C10H18N4/c1-13-6-3-4-9(8-13)11-10-5-7-14(2)12-10/h5,7,9H,3-4,6,8H2,1-2H3,(H,11,12). The maximum Gasteiger partial charge on any atom is 0.148 e. The fourth-order valence-corrected chi connectivity index (χ4v) is 1.99. The number of likely N-dealkylation sites (N-methyl/N-ethyl adjacent to an activating group) is 1. The summed E-state index contributed by atoms with van der Waals surface area (Å²) < 4.78 is 1.83. The molecule has 0 bridgehead atoms. The summed E-state index contributed by atoms with van der Waals surface area (Å²) in [5.74, 6) is 0.993. The summed E-state index contributed by atoms with van der Waals surface area (Å²) in [6.07, 6.45) is 4.50. The SMILES string of the molecule is CN1CCCC(Nc2ccn(C)n2)C1. The van der Waals surface area contributed by atoms with Crippen LogP contribution in [0.15, 0.2) is 12.3 Å². The molecule has 1 N–H and O–H groups in total. The number of hydrogen-bond acceptors (Lipinski definition) is 3. The Morgan fingerprint density at radius 3 is 3.00 bits per heavy atom. The molecule has 2 rings (SSSR count).